The van der Waals surface area contributed by atoms with Crippen LogP contribution in [0.2, 0.25) is 0 Å². The molecule has 1 aromatic carbocycles. The third kappa shape index (κ3) is 2.68. The predicted molar refractivity (Wildman–Crippen MR) is 76.8 cm³/mol. The Hall–Kier alpha value is -0.910. The lowest BCUT2D eigenvalue weighted by molar-refractivity contribution is 0.186. The van der Waals surface area contributed by atoms with Crippen LogP contribution >= 0.6 is 0 Å². The van der Waals surface area contributed by atoms with Crippen molar-refractivity contribution in [2.24, 2.45) is 0 Å². The number of aryl methyl sites for hydroxylation is 2. The summed E-state index contributed by atoms with van der Waals surface area (Å²) in [5.41, 5.74) is 1.38. The van der Waals surface area contributed by atoms with E-state index in [9.17, 15) is 8.42 Å². The molecule has 1 fully saturated rings. The van der Waals surface area contributed by atoms with Gasteiger partial charge in [0.05, 0.1) is 4.90 Å². The molecule has 0 spiro atoms. The van der Waals surface area contributed by atoms with E-state index < -0.39 is 15.6 Å². The molecule has 1 N–H and O–H groups in total. The van der Waals surface area contributed by atoms with Gasteiger partial charge in [-0.3, -0.25) is 0 Å². The van der Waals surface area contributed by atoms with Crippen LogP contribution in [-0.4, -0.2) is 37.9 Å². The van der Waals surface area contributed by atoms with E-state index in [4.69, 9.17) is 0 Å². The number of hydrogen-bond acceptors (Lipinski definition) is 3. The van der Waals surface area contributed by atoms with Gasteiger partial charge >= 0.3 is 0 Å². The van der Waals surface area contributed by atoms with Gasteiger partial charge in [0.2, 0.25) is 10.0 Å². The monoisotopic (exact) mass is 282 g/mol. The topological polar surface area (TPSA) is 49.4 Å². The highest BCUT2D eigenvalue weighted by molar-refractivity contribution is 7.89. The zero-order valence-electron chi connectivity index (χ0n) is 12.0. The maximum absolute atomic E-state index is 12.9. The average molecular weight is 282 g/mol. The predicted octanol–water partition coefficient (Wildman–Crippen LogP) is 1.68. The van der Waals surface area contributed by atoms with Gasteiger partial charge in [0, 0.05) is 25.2 Å². The Kier molecular flexibility index (Phi) is 3.73. The van der Waals surface area contributed by atoms with Gasteiger partial charge in [0.15, 0.2) is 0 Å². The van der Waals surface area contributed by atoms with Crippen molar-refractivity contribution in [2.75, 3.05) is 19.6 Å². The first-order chi connectivity index (χ1) is 8.75. The smallest absolute Gasteiger partial charge is 0.243 e. The lowest BCUT2D eigenvalue weighted by Gasteiger charge is -2.41. The van der Waals surface area contributed by atoms with Gasteiger partial charge in [-0.15, -0.1) is 0 Å². The van der Waals surface area contributed by atoms with Crippen molar-refractivity contribution in [2.45, 2.75) is 38.1 Å². The summed E-state index contributed by atoms with van der Waals surface area (Å²) in [6.07, 6.45) is 0. The number of benzene rings is 1. The molecule has 0 bridgehead atoms. The molecular weight excluding hydrogens is 260 g/mol. The maximum Gasteiger partial charge on any atom is 0.243 e. The van der Waals surface area contributed by atoms with Crippen LogP contribution < -0.4 is 5.32 Å². The van der Waals surface area contributed by atoms with E-state index >= 15 is 0 Å². The maximum atomic E-state index is 12.9. The van der Waals surface area contributed by atoms with Gasteiger partial charge in [0.1, 0.15) is 0 Å². The normalized spacial score (nSPS) is 20.4. The minimum Gasteiger partial charge on any atom is -0.314 e. The molecule has 106 valence electrons. The van der Waals surface area contributed by atoms with Gasteiger partial charge < -0.3 is 5.32 Å². The molecule has 1 aromatic rings. The standard InChI is InChI=1S/C14H22N2O2S/c1-11-5-6-12(2)13(9-11)19(17,18)16-8-7-15-10-14(16,3)4/h5-6,9,15H,7-8,10H2,1-4H3. The second-order valence-electron chi connectivity index (χ2n) is 5.84. The van der Waals surface area contributed by atoms with E-state index in [-0.39, 0.29) is 0 Å². The van der Waals surface area contributed by atoms with Crippen LogP contribution in [0.15, 0.2) is 23.1 Å². The molecule has 4 nitrogen and oxygen atoms in total. The zero-order chi connectivity index (χ0) is 14.3. The summed E-state index contributed by atoms with van der Waals surface area (Å²) in [7, 11) is -3.43. The van der Waals surface area contributed by atoms with Gasteiger partial charge in [-0.25, -0.2) is 8.42 Å². The van der Waals surface area contributed by atoms with E-state index in [1.807, 2.05) is 39.8 Å². The molecule has 0 amide bonds. The van der Waals surface area contributed by atoms with Gasteiger partial charge in [-0.05, 0) is 44.9 Å². The Balaban J connectivity index is 2.50. The second kappa shape index (κ2) is 4.89. The number of rotatable bonds is 2. The van der Waals surface area contributed by atoms with Crippen LogP contribution in [0.5, 0.6) is 0 Å². The Morgan fingerprint density at radius 3 is 2.58 bits per heavy atom. The number of sulfonamides is 1. The quantitative estimate of drug-likeness (QED) is 0.898. The summed E-state index contributed by atoms with van der Waals surface area (Å²) in [4.78, 5) is 0.433. The number of hydrogen-bond donors (Lipinski definition) is 1. The van der Waals surface area contributed by atoms with Crippen molar-refractivity contribution < 1.29 is 8.42 Å². The molecule has 2 rings (SSSR count). The van der Waals surface area contributed by atoms with Crippen molar-refractivity contribution in [1.82, 2.24) is 9.62 Å². The summed E-state index contributed by atoms with van der Waals surface area (Å²) < 4.78 is 27.4. The fourth-order valence-electron chi connectivity index (χ4n) is 2.52. The summed E-state index contributed by atoms with van der Waals surface area (Å²) in [6, 6.07) is 5.58. The molecule has 5 heteroatoms. The minimum absolute atomic E-state index is 0.396. The molecule has 0 aromatic heterocycles. The lowest BCUT2D eigenvalue weighted by atomic mass is 10.0. The fraction of sp³-hybridized carbons (Fsp3) is 0.571. The van der Waals surface area contributed by atoms with E-state index in [1.165, 1.54) is 0 Å². The third-order valence-electron chi connectivity index (χ3n) is 3.64. The van der Waals surface area contributed by atoms with Crippen LogP contribution in [0.4, 0.5) is 0 Å². The largest absolute Gasteiger partial charge is 0.314 e. The van der Waals surface area contributed by atoms with E-state index in [0.717, 1.165) is 11.1 Å². The number of nitrogens with one attached hydrogen (secondary N) is 1. The molecule has 1 aliphatic heterocycles. The van der Waals surface area contributed by atoms with Crippen LogP contribution in [0.25, 0.3) is 0 Å². The Morgan fingerprint density at radius 1 is 1.26 bits per heavy atom. The van der Waals surface area contributed by atoms with Crippen LogP contribution in [0, 0.1) is 13.8 Å². The third-order valence-corrected chi connectivity index (χ3v) is 5.89. The molecule has 0 saturated carbocycles. The van der Waals surface area contributed by atoms with E-state index in [2.05, 4.69) is 5.32 Å². The van der Waals surface area contributed by atoms with Crippen molar-refractivity contribution in [3.8, 4) is 0 Å². The Bertz CT molecular complexity index is 579. The molecule has 1 aliphatic rings. The Labute approximate surface area is 115 Å². The van der Waals surface area contributed by atoms with Crippen molar-refractivity contribution in [1.29, 1.82) is 0 Å². The van der Waals surface area contributed by atoms with Crippen molar-refractivity contribution in [3.05, 3.63) is 29.3 Å². The second-order valence-corrected chi connectivity index (χ2v) is 7.67. The first kappa shape index (κ1) is 14.5. The highest BCUT2D eigenvalue weighted by Gasteiger charge is 2.39. The van der Waals surface area contributed by atoms with Gasteiger partial charge in [-0.2, -0.15) is 4.31 Å². The van der Waals surface area contributed by atoms with Gasteiger partial charge in [0.25, 0.3) is 0 Å². The molecule has 0 radical (unpaired) electrons. The van der Waals surface area contributed by atoms with Crippen LogP contribution in [-0.2, 0) is 10.0 Å². The molecule has 0 unspecified atom stereocenters. The molecule has 19 heavy (non-hydrogen) atoms. The van der Waals surface area contributed by atoms with Gasteiger partial charge in [-0.1, -0.05) is 12.1 Å². The summed E-state index contributed by atoms with van der Waals surface area (Å²) in [5, 5.41) is 3.25. The minimum atomic E-state index is -3.43. The van der Waals surface area contributed by atoms with Crippen molar-refractivity contribution >= 4 is 10.0 Å². The Morgan fingerprint density at radius 2 is 1.95 bits per heavy atom. The number of piperazine rings is 1. The summed E-state index contributed by atoms with van der Waals surface area (Å²) >= 11 is 0. The summed E-state index contributed by atoms with van der Waals surface area (Å²) in [6.45, 7) is 9.58. The fourth-order valence-corrected chi connectivity index (χ4v) is 4.61. The first-order valence-corrected chi connectivity index (χ1v) is 8.00. The number of nitrogens with zero attached hydrogens (tertiary/aromatic N) is 1. The highest BCUT2D eigenvalue weighted by atomic mass is 32.2. The van der Waals surface area contributed by atoms with Crippen LogP contribution in [0.1, 0.15) is 25.0 Å². The molecule has 0 aliphatic carbocycles. The molecular formula is C14H22N2O2S. The lowest BCUT2D eigenvalue weighted by Crippen LogP contribution is -2.59. The van der Waals surface area contributed by atoms with Crippen molar-refractivity contribution in [3.63, 3.8) is 0 Å². The zero-order valence-corrected chi connectivity index (χ0v) is 12.8. The molecule has 1 heterocycles. The molecule has 1 saturated heterocycles. The van der Waals surface area contributed by atoms with E-state index in [1.54, 1.807) is 10.4 Å². The SMILES string of the molecule is Cc1ccc(C)c(S(=O)(=O)N2CCNCC2(C)C)c1. The average Bonchev–Trinajstić information content (AvgIpc) is 2.31. The molecule has 0 atom stereocenters. The van der Waals surface area contributed by atoms with Crippen LogP contribution in [0.3, 0.4) is 0 Å². The first-order valence-electron chi connectivity index (χ1n) is 6.56. The van der Waals surface area contributed by atoms with E-state index in [0.29, 0.717) is 24.5 Å². The highest BCUT2D eigenvalue weighted by Crippen LogP contribution is 2.28. The summed E-state index contributed by atoms with van der Waals surface area (Å²) in [5.74, 6) is 0.